The van der Waals surface area contributed by atoms with E-state index in [0.29, 0.717) is 12.2 Å². The minimum Gasteiger partial charge on any atom is -0.391 e. The van der Waals surface area contributed by atoms with Crippen LogP contribution in [0.5, 0.6) is 0 Å². The van der Waals surface area contributed by atoms with Crippen LogP contribution in [0.25, 0.3) is 11.0 Å². The minimum absolute atomic E-state index is 0.188. The van der Waals surface area contributed by atoms with Gasteiger partial charge in [-0.25, -0.2) is 0 Å². The van der Waals surface area contributed by atoms with Crippen LogP contribution in [0.1, 0.15) is 40.5 Å². The zero-order valence-corrected chi connectivity index (χ0v) is 13.6. The molecule has 0 amide bonds. The van der Waals surface area contributed by atoms with Gasteiger partial charge in [0, 0.05) is 6.54 Å². The average molecular weight is 289 g/mol. The molecular weight excluding hydrogens is 262 g/mol. The molecule has 0 aliphatic carbocycles. The highest BCUT2D eigenvalue weighted by atomic mass is 16.3. The molecular formula is C17H27N3O. The zero-order chi connectivity index (χ0) is 15.6. The lowest BCUT2D eigenvalue weighted by molar-refractivity contribution is 0.0477. The smallest absolute Gasteiger partial charge is 0.203 e. The summed E-state index contributed by atoms with van der Waals surface area (Å²) in [4.78, 5) is 0. The molecule has 1 aromatic carbocycles. The van der Waals surface area contributed by atoms with Crippen molar-refractivity contribution in [3.05, 3.63) is 29.9 Å². The highest BCUT2D eigenvalue weighted by Gasteiger charge is 2.24. The Balaban J connectivity index is 2.48. The molecule has 0 saturated heterocycles. The molecule has 2 N–H and O–H groups in total. The van der Waals surface area contributed by atoms with Gasteiger partial charge >= 0.3 is 0 Å². The quantitative estimate of drug-likeness (QED) is 0.873. The summed E-state index contributed by atoms with van der Waals surface area (Å²) >= 11 is 0. The molecule has 0 radical (unpaired) electrons. The number of fused-ring (bicyclic) bond motifs is 1. The largest absolute Gasteiger partial charge is 0.391 e. The summed E-state index contributed by atoms with van der Waals surface area (Å²) in [6.07, 6.45) is 1.69. The highest BCUT2D eigenvalue weighted by Crippen LogP contribution is 2.22. The number of aliphatic hydroxyl groups is 1. The summed E-state index contributed by atoms with van der Waals surface area (Å²) in [7, 11) is 0. The van der Waals surface area contributed by atoms with E-state index in [1.807, 2.05) is 48.1 Å². The molecule has 21 heavy (non-hydrogen) atoms. The lowest BCUT2D eigenvalue weighted by Crippen LogP contribution is -2.35. The van der Waals surface area contributed by atoms with Crippen LogP contribution in [-0.4, -0.2) is 20.3 Å². The predicted octanol–water partition coefficient (Wildman–Crippen LogP) is 3.13. The lowest BCUT2D eigenvalue weighted by Gasteiger charge is -2.26. The monoisotopic (exact) mass is 289 g/mol. The minimum atomic E-state index is -0.475. The average Bonchev–Trinajstić information content (AvgIpc) is 2.69. The second-order valence-electron chi connectivity index (χ2n) is 6.81. The molecule has 0 unspecified atom stereocenters. The summed E-state index contributed by atoms with van der Waals surface area (Å²) in [5.41, 5.74) is 2.40. The molecule has 116 valence electrons. The van der Waals surface area contributed by atoms with Crippen molar-refractivity contribution in [2.24, 2.45) is 5.41 Å². The fourth-order valence-corrected chi connectivity index (χ4v) is 2.47. The third kappa shape index (κ3) is 3.21. The third-order valence-electron chi connectivity index (χ3n) is 4.07. The number of hydrogen-bond acceptors (Lipinski definition) is 2. The first-order chi connectivity index (χ1) is 9.86. The van der Waals surface area contributed by atoms with Crippen LogP contribution in [-0.2, 0) is 13.1 Å². The first-order valence-electron chi connectivity index (χ1n) is 7.77. The fourth-order valence-electron chi connectivity index (χ4n) is 2.47. The van der Waals surface area contributed by atoms with Gasteiger partial charge in [0.1, 0.15) is 0 Å². The highest BCUT2D eigenvalue weighted by molar-refractivity contribution is 5.75. The predicted molar refractivity (Wildman–Crippen MR) is 86.2 cm³/mol. The fraction of sp³-hybridized carbons (Fsp3) is 0.588. The molecule has 1 heterocycles. The van der Waals surface area contributed by atoms with Gasteiger partial charge in [0.05, 0.1) is 23.7 Å². The van der Waals surface area contributed by atoms with E-state index in [4.69, 9.17) is 5.41 Å². The van der Waals surface area contributed by atoms with Gasteiger partial charge in [0.25, 0.3) is 0 Å². The maximum Gasteiger partial charge on any atom is 0.203 e. The summed E-state index contributed by atoms with van der Waals surface area (Å²) in [6, 6.07) is 8.09. The molecule has 1 aromatic heterocycles. The van der Waals surface area contributed by atoms with Crippen LogP contribution in [0.2, 0.25) is 0 Å². The number of rotatable bonds is 5. The topological polar surface area (TPSA) is 53.9 Å². The third-order valence-corrected chi connectivity index (χ3v) is 4.07. The number of nitrogens with one attached hydrogen (secondary N) is 1. The summed E-state index contributed by atoms with van der Waals surface area (Å²) in [6.45, 7) is 9.55. The van der Waals surface area contributed by atoms with Crippen molar-refractivity contribution in [2.75, 3.05) is 0 Å². The Morgan fingerprint density at radius 1 is 1.14 bits per heavy atom. The van der Waals surface area contributed by atoms with Gasteiger partial charge in [-0.2, -0.15) is 0 Å². The first kappa shape index (κ1) is 15.8. The van der Waals surface area contributed by atoms with E-state index in [1.165, 1.54) is 0 Å². The van der Waals surface area contributed by atoms with Crippen LogP contribution >= 0.6 is 0 Å². The number of para-hydroxylation sites is 2. The summed E-state index contributed by atoms with van der Waals surface area (Å²) < 4.78 is 3.98. The maximum atomic E-state index is 10.4. The number of imidazole rings is 1. The number of unbranched alkanes of at least 4 members (excludes halogenated alkanes) is 1. The van der Waals surface area contributed by atoms with Crippen molar-refractivity contribution in [1.82, 2.24) is 9.13 Å². The molecule has 4 heteroatoms. The van der Waals surface area contributed by atoms with Crippen LogP contribution in [0.15, 0.2) is 24.3 Å². The normalized spacial score (nSPS) is 13.8. The van der Waals surface area contributed by atoms with Crippen molar-refractivity contribution < 1.29 is 5.11 Å². The molecule has 1 atom stereocenters. The number of nitrogens with zero attached hydrogens (tertiary/aromatic N) is 2. The maximum absolute atomic E-state index is 10.4. The number of aryl methyl sites for hydroxylation is 1. The number of aromatic nitrogens is 2. The van der Waals surface area contributed by atoms with Crippen molar-refractivity contribution >= 4 is 11.0 Å². The van der Waals surface area contributed by atoms with E-state index >= 15 is 0 Å². The lowest BCUT2D eigenvalue weighted by atomic mass is 9.89. The molecule has 2 aromatic rings. The van der Waals surface area contributed by atoms with Gasteiger partial charge in [-0.15, -0.1) is 0 Å². The van der Waals surface area contributed by atoms with Gasteiger partial charge in [-0.3, -0.25) is 5.41 Å². The number of aliphatic hydroxyl groups excluding tert-OH is 1. The molecule has 4 nitrogen and oxygen atoms in total. The van der Waals surface area contributed by atoms with E-state index in [0.717, 1.165) is 30.4 Å². The zero-order valence-electron chi connectivity index (χ0n) is 13.6. The van der Waals surface area contributed by atoms with Gasteiger partial charge in [0.2, 0.25) is 5.62 Å². The van der Waals surface area contributed by atoms with E-state index < -0.39 is 6.10 Å². The van der Waals surface area contributed by atoms with Crippen LogP contribution < -0.4 is 5.62 Å². The Morgan fingerprint density at radius 2 is 1.71 bits per heavy atom. The number of hydrogen-bond donors (Lipinski definition) is 2. The summed E-state index contributed by atoms with van der Waals surface area (Å²) in [5.74, 6) is 0. The van der Waals surface area contributed by atoms with Crippen molar-refractivity contribution in [3.63, 3.8) is 0 Å². The second kappa shape index (κ2) is 6.06. The number of benzene rings is 1. The van der Waals surface area contributed by atoms with Crippen molar-refractivity contribution in [3.8, 4) is 0 Å². The molecule has 0 aliphatic heterocycles. The van der Waals surface area contributed by atoms with Crippen LogP contribution in [0.3, 0.4) is 0 Å². The van der Waals surface area contributed by atoms with Gasteiger partial charge in [0.15, 0.2) is 0 Å². The van der Waals surface area contributed by atoms with Crippen molar-refractivity contribution in [1.29, 1.82) is 5.41 Å². The Bertz CT molecular complexity index is 661. The van der Waals surface area contributed by atoms with E-state index in [2.05, 4.69) is 13.0 Å². The van der Waals surface area contributed by atoms with Gasteiger partial charge in [-0.1, -0.05) is 46.2 Å². The Hall–Kier alpha value is -1.55. The van der Waals surface area contributed by atoms with Crippen LogP contribution in [0.4, 0.5) is 0 Å². The second-order valence-corrected chi connectivity index (χ2v) is 6.81. The Kier molecular flexibility index (Phi) is 4.57. The van der Waals surface area contributed by atoms with E-state index in [9.17, 15) is 5.11 Å². The SMILES string of the molecule is CCCCn1c(=N)n(C[C@H](O)C(C)(C)C)c2ccccc21. The van der Waals surface area contributed by atoms with E-state index in [-0.39, 0.29) is 5.41 Å². The molecule has 0 fully saturated rings. The van der Waals surface area contributed by atoms with Gasteiger partial charge in [-0.05, 0) is 24.0 Å². The standard InChI is InChI=1S/C17H27N3O/c1-5-6-11-19-13-9-7-8-10-14(13)20(16(19)18)12-15(21)17(2,3)4/h7-10,15,18,21H,5-6,11-12H2,1-4H3/t15-/m0/s1. The first-order valence-corrected chi connectivity index (χ1v) is 7.77. The molecule has 0 bridgehead atoms. The Labute approximate surface area is 126 Å². The molecule has 0 spiro atoms. The van der Waals surface area contributed by atoms with Crippen LogP contribution in [0, 0.1) is 10.8 Å². The molecule has 0 saturated carbocycles. The van der Waals surface area contributed by atoms with Crippen molar-refractivity contribution in [2.45, 2.75) is 59.7 Å². The van der Waals surface area contributed by atoms with E-state index in [1.54, 1.807) is 0 Å². The summed E-state index contributed by atoms with van der Waals surface area (Å²) in [5, 5.41) is 18.9. The molecule has 2 rings (SSSR count). The molecule has 0 aliphatic rings. The van der Waals surface area contributed by atoms with Gasteiger partial charge < -0.3 is 14.2 Å². The Morgan fingerprint density at radius 3 is 2.24 bits per heavy atom.